The molecule has 2 heterocycles. The number of aromatic nitrogens is 3. The maximum absolute atomic E-state index is 12.5. The fourth-order valence-corrected chi connectivity index (χ4v) is 4.50. The van der Waals surface area contributed by atoms with Gasteiger partial charge in [0.05, 0.1) is 23.6 Å². The van der Waals surface area contributed by atoms with E-state index in [0.717, 1.165) is 38.6 Å². The van der Waals surface area contributed by atoms with Crippen LogP contribution in [0.1, 0.15) is 6.92 Å². The van der Waals surface area contributed by atoms with E-state index in [1.807, 2.05) is 66.2 Å². The number of thioether (sulfide) groups is 1. The number of benzene rings is 3. The lowest BCUT2D eigenvalue weighted by atomic mass is 10.0. The summed E-state index contributed by atoms with van der Waals surface area (Å²) in [6.07, 6.45) is 3.54. The largest absolute Gasteiger partial charge is 0.494 e. The molecule has 1 N–H and O–H groups in total. The van der Waals surface area contributed by atoms with Gasteiger partial charge in [-0.3, -0.25) is 4.79 Å². The van der Waals surface area contributed by atoms with Gasteiger partial charge < -0.3 is 10.1 Å². The Morgan fingerprint density at radius 2 is 1.88 bits per heavy atom. The van der Waals surface area contributed by atoms with Crippen molar-refractivity contribution in [1.29, 1.82) is 0 Å². The second-order valence-electron chi connectivity index (χ2n) is 7.41. The van der Waals surface area contributed by atoms with E-state index in [0.29, 0.717) is 6.61 Å². The second-order valence-corrected chi connectivity index (χ2v) is 8.38. The van der Waals surface area contributed by atoms with E-state index in [1.165, 1.54) is 17.1 Å². The second kappa shape index (κ2) is 9.34. The number of carbonyl (C=O) groups excluding carboxylic acids is 1. The number of amides is 1. The molecule has 5 rings (SSSR count). The van der Waals surface area contributed by atoms with E-state index in [9.17, 15) is 4.79 Å². The van der Waals surface area contributed by atoms with Crippen molar-refractivity contribution in [3.05, 3.63) is 85.2 Å². The van der Waals surface area contributed by atoms with Crippen LogP contribution in [0.5, 0.6) is 5.75 Å². The van der Waals surface area contributed by atoms with Gasteiger partial charge in [0.2, 0.25) is 5.91 Å². The average Bonchev–Trinajstić information content (AvgIpc) is 3.28. The highest BCUT2D eigenvalue weighted by atomic mass is 32.2. The van der Waals surface area contributed by atoms with Crippen LogP contribution in [0, 0.1) is 0 Å². The minimum absolute atomic E-state index is 0.0956. The van der Waals surface area contributed by atoms with Crippen molar-refractivity contribution in [2.75, 3.05) is 17.7 Å². The van der Waals surface area contributed by atoms with Crippen LogP contribution in [-0.2, 0) is 4.79 Å². The number of hydrogen-bond donors (Lipinski definition) is 1. The van der Waals surface area contributed by atoms with Crippen LogP contribution >= 0.6 is 11.8 Å². The lowest BCUT2D eigenvalue weighted by Crippen LogP contribution is -2.14. The van der Waals surface area contributed by atoms with Crippen molar-refractivity contribution >= 4 is 39.6 Å². The molecule has 1 amide bonds. The number of carbonyl (C=O) groups is 1. The number of nitrogens with one attached hydrogen (secondary N) is 1. The van der Waals surface area contributed by atoms with Crippen LogP contribution in [0.2, 0.25) is 0 Å². The summed E-state index contributed by atoms with van der Waals surface area (Å²) in [5.41, 5.74) is 3.55. The van der Waals surface area contributed by atoms with E-state index >= 15 is 0 Å². The summed E-state index contributed by atoms with van der Waals surface area (Å²) in [5, 5.41) is 10.8. The Balaban J connectivity index is 1.34. The molecule has 6 nitrogen and oxygen atoms in total. The molecule has 0 spiro atoms. The van der Waals surface area contributed by atoms with Crippen LogP contribution in [0.4, 0.5) is 5.69 Å². The van der Waals surface area contributed by atoms with Gasteiger partial charge in [0.25, 0.3) is 0 Å². The summed E-state index contributed by atoms with van der Waals surface area (Å²) in [6.45, 7) is 2.55. The van der Waals surface area contributed by atoms with Crippen molar-refractivity contribution in [2.24, 2.45) is 0 Å². The highest BCUT2D eigenvalue weighted by Crippen LogP contribution is 2.30. The zero-order valence-corrected chi connectivity index (χ0v) is 18.9. The number of rotatable bonds is 7. The normalized spacial score (nSPS) is 11.1. The lowest BCUT2D eigenvalue weighted by Gasteiger charge is -2.07. The summed E-state index contributed by atoms with van der Waals surface area (Å²) in [5.74, 6) is 0.930. The van der Waals surface area contributed by atoms with Gasteiger partial charge in [0, 0.05) is 23.6 Å². The van der Waals surface area contributed by atoms with E-state index in [-0.39, 0.29) is 11.7 Å². The van der Waals surface area contributed by atoms with Crippen LogP contribution in [-0.4, -0.2) is 32.9 Å². The number of hydrogen-bond acceptors (Lipinski definition) is 5. The van der Waals surface area contributed by atoms with Gasteiger partial charge in [0.1, 0.15) is 10.8 Å². The fraction of sp³-hybridized carbons (Fsp3) is 0.115. The van der Waals surface area contributed by atoms with Crippen molar-refractivity contribution < 1.29 is 9.53 Å². The summed E-state index contributed by atoms with van der Waals surface area (Å²) in [6, 6.07) is 23.9. The topological polar surface area (TPSA) is 68.5 Å². The zero-order chi connectivity index (χ0) is 22.6. The van der Waals surface area contributed by atoms with Gasteiger partial charge >= 0.3 is 0 Å². The summed E-state index contributed by atoms with van der Waals surface area (Å²) in [7, 11) is 0. The third kappa shape index (κ3) is 4.54. The van der Waals surface area contributed by atoms with Crippen molar-refractivity contribution in [3.63, 3.8) is 0 Å². The number of ether oxygens (including phenoxy) is 1. The van der Waals surface area contributed by atoms with Crippen LogP contribution in [0.15, 0.2) is 90.2 Å². The maximum Gasteiger partial charge on any atom is 0.234 e. The highest BCUT2D eigenvalue weighted by molar-refractivity contribution is 8.00. The average molecular weight is 455 g/mol. The molecule has 5 aromatic rings. The Labute approximate surface area is 195 Å². The molecule has 3 aromatic carbocycles. The van der Waals surface area contributed by atoms with Gasteiger partial charge in [-0.25, -0.2) is 9.50 Å². The molecule has 0 radical (unpaired) electrons. The molecule has 0 bridgehead atoms. The SMILES string of the molecule is CCOc1ccc(NC(=O)CSc2nccn3nc(-c4cccc5ccccc45)cc23)cc1. The number of nitrogens with zero attached hydrogens (tertiary/aromatic N) is 3. The summed E-state index contributed by atoms with van der Waals surface area (Å²) >= 11 is 1.39. The lowest BCUT2D eigenvalue weighted by molar-refractivity contribution is -0.113. The zero-order valence-electron chi connectivity index (χ0n) is 18.1. The van der Waals surface area contributed by atoms with E-state index in [2.05, 4.69) is 34.6 Å². The molecule has 0 saturated heterocycles. The van der Waals surface area contributed by atoms with Gasteiger partial charge in [0.15, 0.2) is 0 Å². The third-order valence-electron chi connectivity index (χ3n) is 5.21. The van der Waals surface area contributed by atoms with Gasteiger partial charge in [-0.15, -0.1) is 0 Å². The molecule has 0 aliphatic heterocycles. The molecular weight excluding hydrogens is 432 g/mol. The first-order valence-electron chi connectivity index (χ1n) is 10.7. The standard InChI is InChI=1S/C26H22N4O2S/c1-2-32-20-12-10-19(11-13-20)28-25(31)17-33-26-24-16-23(29-30(24)15-14-27-26)22-9-5-7-18-6-3-4-8-21(18)22/h3-16H,2,17H2,1H3,(H,28,31). The quantitative estimate of drug-likeness (QED) is 0.321. The minimum Gasteiger partial charge on any atom is -0.494 e. The van der Waals surface area contributed by atoms with Crippen molar-refractivity contribution in [1.82, 2.24) is 14.6 Å². The highest BCUT2D eigenvalue weighted by Gasteiger charge is 2.13. The van der Waals surface area contributed by atoms with Crippen LogP contribution < -0.4 is 10.1 Å². The molecule has 33 heavy (non-hydrogen) atoms. The Bertz CT molecular complexity index is 1420. The number of anilines is 1. The number of fused-ring (bicyclic) bond motifs is 2. The predicted octanol–water partition coefficient (Wildman–Crippen LogP) is 5.68. The first-order valence-corrected chi connectivity index (χ1v) is 11.7. The Hall–Kier alpha value is -3.84. The minimum atomic E-state index is -0.0956. The smallest absolute Gasteiger partial charge is 0.234 e. The predicted molar refractivity (Wildman–Crippen MR) is 133 cm³/mol. The molecule has 0 atom stereocenters. The molecule has 164 valence electrons. The summed E-state index contributed by atoms with van der Waals surface area (Å²) in [4.78, 5) is 17.0. The first kappa shape index (κ1) is 21.0. The van der Waals surface area contributed by atoms with E-state index < -0.39 is 0 Å². The third-order valence-corrected chi connectivity index (χ3v) is 6.20. The fourth-order valence-electron chi connectivity index (χ4n) is 3.72. The van der Waals surface area contributed by atoms with Crippen LogP contribution in [0.25, 0.3) is 27.5 Å². The molecule has 0 saturated carbocycles. The van der Waals surface area contributed by atoms with Crippen LogP contribution in [0.3, 0.4) is 0 Å². The van der Waals surface area contributed by atoms with E-state index in [4.69, 9.17) is 9.84 Å². The molecule has 0 aliphatic carbocycles. The van der Waals surface area contributed by atoms with Crippen molar-refractivity contribution in [2.45, 2.75) is 11.9 Å². The Kier molecular flexibility index (Phi) is 5.95. The maximum atomic E-state index is 12.5. The Morgan fingerprint density at radius 3 is 2.73 bits per heavy atom. The van der Waals surface area contributed by atoms with Gasteiger partial charge in [-0.05, 0) is 48.0 Å². The van der Waals surface area contributed by atoms with Gasteiger partial charge in [-0.1, -0.05) is 54.2 Å². The Morgan fingerprint density at radius 1 is 1.06 bits per heavy atom. The summed E-state index contributed by atoms with van der Waals surface area (Å²) < 4.78 is 7.25. The molecular formula is C26H22N4O2S. The molecule has 0 aliphatic rings. The monoisotopic (exact) mass is 454 g/mol. The van der Waals surface area contributed by atoms with Gasteiger partial charge in [-0.2, -0.15) is 5.10 Å². The van der Waals surface area contributed by atoms with E-state index in [1.54, 1.807) is 6.20 Å². The molecule has 0 unspecified atom stereocenters. The first-order chi connectivity index (χ1) is 16.2. The molecule has 7 heteroatoms. The van der Waals surface area contributed by atoms with Crippen molar-refractivity contribution in [3.8, 4) is 17.0 Å². The molecule has 0 fully saturated rings. The molecule has 2 aromatic heterocycles.